The number of pyridine rings is 1. The van der Waals surface area contributed by atoms with E-state index in [2.05, 4.69) is 52.2 Å². The van der Waals surface area contributed by atoms with Crippen LogP contribution in [0, 0.1) is 5.92 Å². The van der Waals surface area contributed by atoms with Gasteiger partial charge in [0.05, 0.1) is 0 Å². The van der Waals surface area contributed by atoms with Crippen LogP contribution in [0.25, 0.3) is 6.08 Å². The highest BCUT2D eigenvalue weighted by Gasteiger charge is 2.26. The highest BCUT2D eigenvalue weighted by molar-refractivity contribution is 9.10. The minimum atomic E-state index is -0.0999. The van der Waals surface area contributed by atoms with Gasteiger partial charge in [-0.05, 0) is 64.0 Å². The molecule has 0 saturated carbocycles. The minimum absolute atomic E-state index is 0.00799. The van der Waals surface area contributed by atoms with E-state index in [9.17, 15) is 9.59 Å². The summed E-state index contributed by atoms with van der Waals surface area (Å²) in [6.07, 6.45) is 6.44. The van der Waals surface area contributed by atoms with E-state index in [0.29, 0.717) is 37.7 Å². The second-order valence-corrected chi connectivity index (χ2v) is 8.52. The van der Waals surface area contributed by atoms with Crippen LogP contribution in [0.2, 0.25) is 0 Å². The van der Waals surface area contributed by atoms with E-state index in [4.69, 9.17) is 0 Å². The van der Waals surface area contributed by atoms with E-state index in [1.54, 1.807) is 23.2 Å². The summed E-state index contributed by atoms with van der Waals surface area (Å²) in [7, 11) is 0. The Hall–Kier alpha value is -2.47. The molecule has 1 aliphatic rings. The van der Waals surface area contributed by atoms with Crippen molar-refractivity contribution in [3.63, 3.8) is 0 Å². The van der Waals surface area contributed by atoms with E-state index < -0.39 is 0 Å². The Morgan fingerprint density at radius 1 is 1.14 bits per heavy atom. The van der Waals surface area contributed by atoms with E-state index in [0.717, 1.165) is 10.0 Å². The largest absolute Gasteiger partial charge is 0.339 e. The maximum atomic E-state index is 12.5. The summed E-state index contributed by atoms with van der Waals surface area (Å²) in [5, 5.41) is 2.85. The number of nitrogens with one attached hydrogen (secondary N) is 1. The fourth-order valence-corrected chi connectivity index (χ4v) is 3.54. The zero-order chi connectivity index (χ0) is 20.8. The molecule has 1 aromatic heterocycles. The second-order valence-electron chi connectivity index (χ2n) is 7.61. The molecule has 1 fully saturated rings. The average Bonchev–Trinajstić information content (AvgIpc) is 2.74. The van der Waals surface area contributed by atoms with Gasteiger partial charge < -0.3 is 10.2 Å². The lowest BCUT2D eigenvalue weighted by molar-refractivity contribution is -0.130. The molecule has 3 rings (SSSR count). The number of piperidine rings is 1. The molecule has 0 bridgehead atoms. The molecular formula is C23H26BrN3O2. The van der Waals surface area contributed by atoms with Gasteiger partial charge >= 0.3 is 0 Å². The number of aromatic nitrogens is 1. The van der Waals surface area contributed by atoms with Crippen LogP contribution < -0.4 is 5.32 Å². The number of likely N-dealkylation sites (tertiary alicyclic amines) is 1. The van der Waals surface area contributed by atoms with Crippen molar-refractivity contribution >= 4 is 39.6 Å². The first-order chi connectivity index (χ1) is 13.9. The van der Waals surface area contributed by atoms with Gasteiger partial charge in [0.15, 0.2) is 0 Å². The number of carbonyl (C=O) groups excluding carboxylic acids is 2. The molecule has 0 unspecified atom stereocenters. The van der Waals surface area contributed by atoms with Gasteiger partial charge in [-0.3, -0.25) is 9.59 Å². The third kappa shape index (κ3) is 6.00. The first-order valence-electron chi connectivity index (χ1n) is 9.92. The summed E-state index contributed by atoms with van der Waals surface area (Å²) in [6, 6.07) is 11.9. The van der Waals surface area contributed by atoms with Crippen LogP contribution in [0.15, 0.2) is 53.1 Å². The van der Waals surface area contributed by atoms with Crippen molar-refractivity contribution in [3.8, 4) is 0 Å². The van der Waals surface area contributed by atoms with Crippen LogP contribution in [0.5, 0.6) is 0 Å². The number of carbonyl (C=O) groups is 2. The quantitative estimate of drug-likeness (QED) is 0.654. The third-order valence-corrected chi connectivity index (χ3v) is 5.65. The summed E-state index contributed by atoms with van der Waals surface area (Å²) in [6.45, 7) is 5.49. The van der Waals surface area contributed by atoms with Crippen molar-refractivity contribution in [3.05, 3.63) is 64.3 Å². The predicted molar refractivity (Wildman–Crippen MR) is 119 cm³/mol. The van der Waals surface area contributed by atoms with Gasteiger partial charge in [0.1, 0.15) is 5.82 Å². The van der Waals surface area contributed by atoms with Gasteiger partial charge in [-0.25, -0.2) is 4.98 Å². The molecule has 1 saturated heterocycles. The lowest BCUT2D eigenvalue weighted by Gasteiger charge is -2.30. The van der Waals surface area contributed by atoms with E-state index in [1.807, 2.05) is 24.3 Å². The Kier molecular flexibility index (Phi) is 7.20. The van der Waals surface area contributed by atoms with E-state index in [1.165, 1.54) is 5.56 Å². The third-order valence-electron chi connectivity index (χ3n) is 5.18. The molecule has 6 heteroatoms. The number of nitrogens with zero attached hydrogens (tertiary/aromatic N) is 2. The van der Waals surface area contributed by atoms with Gasteiger partial charge in [-0.1, -0.05) is 38.1 Å². The molecule has 2 amide bonds. The molecule has 152 valence electrons. The van der Waals surface area contributed by atoms with E-state index in [-0.39, 0.29) is 17.7 Å². The van der Waals surface area contributed by atoms with Crippen LogP contribution in [0.1, 0.15) is 43.7 Å². The van der Waals surface area contributed by atoms with Gasteiger partial charge in [-0.15, -0.1) is 0 Å². The Morgan fingerprint density at radius 2 is 1.83 bits per heavy atom. The SMILES string of the molecule is CC(C)c1ccc(C=CC(=O)N2CCC(C(=O)Nc3ccc(Br)cn3)CC2)cc1. The molecule has 5 nitrogen and oxygen atoms in total. The summed E-state index contributed by atoms with van der Waals surface area (Å²) >= 11 is 3.33. The lowest BCUT2D eigenvalue weighted by atomic mass is 9.96. The number of hydrogen-bond donors (Lipinski definition) is 1. The second kappa shape index (κ2) is 9.83. The first kappa shape index (κ1) is 21.2. The fraction of sp³-hybridized carbons (Fsp3) is 0.348. The maximum Gasteiger partial charge on any atom is 0.246 e. The Bertz CT molecular complexity index is 868. The highest BCUT2D eigenvalue weighted by atomic mass is 79.9. The fourth-order valence-electron chi connectivity index (χ4n) is 3.31. The molecule has 2 heterocycles. The molecule has 1 aromatic carbocycles. The standard InChI is InChI=1S/C23H26BrN3O2/c1-16(2)18-6-3-17(4-7-18)5-10-22(28)27-13-11-19(12-14-27)23(29)26-21-9-8-20(24)15-25-21/h3-10,15-16,19H,11-14H2,1-2H3,(H,25,26,29). The molecule has 2 aromatic rings. The Balaban J connectivity index is 1.48. The normalized spacial score (nSPS) is 15.1. The summed E-state index contributed by atoms with van der Waals surface area (Å²) < 4.78 is 0.867. The number of hydrogen-bond acceptors (Lipinski definition) is 3. The Morgan fingerprint density at radius 3 is 2.41 bits per heavy atom. The van der Waals surface area contributed by atoms with Crippen molar-refractivity contribution in [1.82, 2.24) is 9.88 Å². The van der Waals surface area contributed by atoms with Gasteiger partial charge in [0.2, 0.25) is 11.8 Å². The van der Waals surface area contributed by atoms with Crippen LogP contribution in [-0.2, 0) is 9.59 Å². The number of halogens is 1. The molecular weight excluding hydrogens is 430 g/mol. The van der Waals surface area contributed by atoms with Gasteiger partial charge in [-0.2, -0.15) is 0 Å². The molecule has 0 spiro atoms. The number of amides is 2. The average molecular weight is 456 g/mol. The van der Waals surface area contributed by atoms with Crippen molar-refractivity contribution in [2.75, 3.05) is 18.4 Å². The smallest absolute Gasteiger partial charge is 0.246 e. The molecule has 0 atom stereocenters. The van der Waals surface area contributed by atoms with Crippen LogP contribution >= 0.6 is 15.9 Å². The highest BCUT2D eigenvalue weighted by Crippen LogP contribution is 2.20. The predicted octanol–water partition coefficient (Wildman–Crippen LogP) is 4.86. The van der Waals surface area contributed by atoms with Crippen LogP contribution in [-0.4, -0.2) is 34.8 Å². The summed E-state index contributed by atoms with van der Waals surface area (Å²) in [5.74, 6) is 0.895. The molecule has 0 aliphatic carbocycles. The number of rotatable bonds is 5. The molecule has 0 radical (unpaired) electrons. The van der Waals surface area contributed by atoms with Gasteiger partial charge in [0, 0.05) is 35.8 Å². The summed E-state index contributed by atoms with van der Waals surface area (Å²) in [4.78, 5) is 30.9. The molecule has 1 N–H and O–H groups in total. The number of anilines is 1. The maximum absolute atomic E-state index is 12.5. The molecule has 29 heavy (non-hydrogen) atoms. The van der Waals surface area contributed by atoms with Crippen molar-refractivity contribution in [1.29, 1.82) is 0 Å². The van der Waals surface area contributed by atoms with Crippen LogP contribution in [0.4, 0.5) is 5.82 Å². The number of benzene rings is 1. The first-order valence-corrected chi connectivity index (χ1v) is 10.7. The van der Waals surface area contributed by atoms with Crippen molar-refractivity contribution in [2.24, 2.45) is 5.92 Å². The Labute approximate surface area is 180 Å². The lowest BCUT2D eigenvalue weighted by Crippen LogP contribution is -2.40. The van der Waals surface area contributed by atoms with Crippen LogP contribution in [0.3, 0.4) is 0 Å². The van der Waals surface area contributed by atoms with Gasteiger partial charge in [0.25, 0.3) is 0 Å². The minimum Gasteiger partial charge on any atom is -0.339 e. The molecule has 1 aliphatic heterocycles. The zero-order valence-corrected chi connectivity index (χ0v) is 18.4. The zero-order valence-electron chi connectivity index (χ0n) is 16.8. The van der Waals surface area contributed by atoms with E-state index >= 15 is 0 Å². The summed E-state index contributed by atoms with van der Waals surface area (Å²) in [5.41, 5.74) is 2.30. The topological polar surface area (TPSA) is 62.3 Å². The van der Waals surface area contributed by atoms with Crippen molar-refractivity contribution < 1.29 is 9.59 Å². The monoisotopic (exact) mass is 455 g/mol. The van der Waals surface area contributed by atoms with Crippen molar-refractivity contribution in [2.45, 2.75) is 32.6 Å².